The number of halogens is 1. The summed E-state index contributed by atoms with van der Waals surface area (Å²) < 4.78 is 5.80. The fraction of sp³-hybridized carbons (Fsp3) is 0.333. The van der Waals surface area contributed by atoms with Gasteiger partial charge in [-0.2, -0.15) is 0 Å². The minimum absolute atomic E-state index is 0.00860. The number of hydrogen-bond donors (Lipinski definition) is 1. The summed E-state index contributed by atoms with van der Waals surface area (Å²) >= 11 is 6.45. The van der Waals surface area contributed by atoms with Gasteiger partial charge in [0.2, 0.25) is 5.91 Å². The molecule has 2 heterocycles. The first-order chi connectivity index (χ1) is 14.7. The summed E-state index contributed by atoms with van der Waals surface area (Å²) in [4.78, 5) is 19.2. The second-order valence-corrected chi connectivity index (χ2v) is 7.98. The maximum absolute atomic E-state index is 12.5. The van der Waals surface area contributed by atoms with Gasteiger partial charge in [-0.15, -0.1) is 0 Å². The molecule has 5 nitrogen and oxygen atoms in total. The van der Waals surface area contributed by atoms with E-state index in [1.807, 2.05) is 48.5 Å². The highest BCUT2D eigenvalue weighted by molar-refractivity contribution is 6.31. The molecule has 1 aromatic heterocycles. The Kier molecular flexibility index (Phi) is 6.82. The van der Waals surface area contributed by atoms with E-state index in [1.165, 1.54) is 12.8 Å². The summed E-state index contributed by atoms with van der Waals surface area (Å²) in [5.41, 5.74) is 2.05. The molecule has 1 N–H and O–H groups in total. The van der Waals surface area contributed by atoms with Crippen molar-refractivity contribution in [3.05, 3.63) is 77.3 Å². The molecule has 1 fully saturated rings. The van der Waals surface area contributed by atoms with Gasteiger partial charge in [0, 0.05) is 30.0 Å². The van der Waals surface area contributed by atoms with Gasteiger partial charge in [-0.05, 0) is 37.6 Å². The van der Waals surface area contributed by atoms with Crippen LogP contribution in [0.25, 0.3) is 11.3 Å². The lowest BCUT2D eigenvalue weighted by molar-refractivity contribution is -0.121. The fourth-order valence-corrected chi connectivity index (χ4v) is 4.18. The number of hydrogen-bond acceptors (Lipinski definition) is 4. The number of benzene rings is 2. The molecule has 0 spiro atoms. The lowest BCUT2D eigenvalue weighted by Gasteiger charge is -2.29. The molecule has 0 unspecified atom stereocenters. The number of nitrogens with one attached hydrogen (secondary N) is 1. The van der Waals surface area contributed by atoms with Crippen LogP contribution < -0.4 is 5.32 Å². The van der Waals surface area contributed by atoms with Crippen LogP contribution in [0, 0.1) is 0 Å². The van der Waals surface area contributed by atoms with Gasteiger partial charge >= 0.3 is 0 Å². The second-order valence-electron chi connectivity index (χ2n) is 7.57. The molecule has 0 saturated carbocycles. The molecule has 30 heavy (non-hydrogen) atoms. The number of aromatic nitrogens is 1. The summed E-state index contributed by atoms with van der Waals surface area (Å²) in [6.45, 7) is 2.61. The molecule has 6 heteroatoms. The van der Waals surface area contributed by atoms with Crippen LogP contribution in [0.1, 0.15) is 36.8 Å². The van der Waals surface area contributed by atoms with E-state index in [0.29, 0.717) is 25.3 Å². The Morgan fingerprint density at radius 3 is 2.60 bits per heavy atom. The Balaban J connectivity index is 1.33. The van der Waals surface area contributed by atoms with E-state index in [9.17, 15) is 4.79 Å². The first-order valence-electron chi connectivity index (χ1n) is 10.5. The second kappa shape index (κ2) is 9.92. The molecule has 1 saturated heterocycles. The zero-order valence-corrected chi connectivity index (χ0v) is 17.6. The van der Waals surface area contributed by atoms with Crippen molar-refractivity contribution in [3.8, 4) is 11.3 Å². The lowest BCUT2D eigenvalue weighted by Crippen LogP contribution is -2.37. The van der Waals surface area contributed by atoms with E-state index in [-0.39, 0.29) is 11.9 Å². The molecular formula is C24H26ClN3O2. The third-order valence-electron chi connectivity index (χ3n) is 5.52. The van der Waals surface area contributed by atoms with Gasteiger partial charge in [0.15, 0.2) is 11.7 Å². The predicted octanol–water partition coefficient (Wildman–Crippen LogP) is 4.88. The fourth-order valence-electron chi connectivity index (χ4n) is 3.92. The molecule has 156 valence electrons. The monoisotopic (exact) mass is 423 g/mol. The Labute approximate surface area is 182 Å². The van der Waals surface area contributed by atoms with Crippen molar-refractivity contribution < 1.29 is 9.21 Å². The topological polar surface area (TPSA) is 58.4 Å². The van der Waals surface area contributed by atoms with Crippen molar-refractivity contribution in [2.45, 2.75) is 31.7 Å². The van der Waals surface area contributed by atoms with Crippen LogP contribution in [0.5, 0.6) is 0 Å². The van der Waals surface area contributed by atoms with Crippen LogP contribution in [0.15, 0.2) is 65.2 Å². The zero-order valence-electron chi connectivity index (χ0n) is 16.9. The van der Waals surface area contributed by atoms with Gasteiger partial charge in [0.25, 0.3) is 0 Å². The van der Waals surface area contributed by atoms with Crippen molar-refractivity contribution >= 4 is 17.5 Å². The zero-order chi connectivity index (χ0) is 20.8. The molecule has 1 aliphatic heterocycles. The molecule has 4 rings (SSSR count). The number of aryl methyl sites for hydroxylation is 1. The molecule has 3 aromatic rings. The minimum Gasteiger partial charge on any atom is -0.441 e. The van der Waals surface area contributed by atoms with Crippen LogP contribution in [-0.2, 0) is 11.2 Å². The van der Waals surface area contributed by atoms with Gasteiger partial charge in [-0.1, -0.05) is 60.1 Å². The first kappa shape index (κ1) is 20.6. The standard InChI is InChI=1S/C24H26ClN3O2/c25-20-11-5-4-10-19(20)21(28-14-6-7-15-28)16-26-23(29)12-13-24-27-17-22(30-24)18-8-2-1-3-9-18/h1-5,8-11,17,21H,6-7,12-16H2,(H,26,29)/t21-/m1/s1. The summed E-state index contributed by atoms with van der Waals surface area (Å²) in [5, 5.41) is 3.83. The van der Waals surface area contributed by atoms with Crippen molar-refractivity contribution in [1.29, 1.82) is 0 Å². The number of likely N-dealkylation sites (tertiary alicyclic amines) is 1. The molecule has 1 aliphatic rings. The summed E-state index contributed by atoms with van der Waals surface area (Å²) in [5.74, 6) is 1.29. The van der Waals surface area contributed by atoms with E-state index in [1.54, 1.807) is 6.20 Å². The van der Waals surface area contributed by atoms with Crippen LogP contribution in [0.2, 0.25) is 5.02 Å². The number of amides is 1. The molecule has 0 bridgehead atoms. The molecule has 2 aromatic carbocycles. The van der Waals surface area contributed by atoms with E-state index < -0.39 is 0 Å². The van der Waals surface area contributed by atoms with Crippen LogP contribution in [0.3, 0.4) is 0 Å². The van der Waals surface area contributed by atoms with E-state index in [0.717, 1.165) is 35.0 Å². The van der Waals surface area contributed by atoms with Gasteiger partial charge in [-0.3, -0.25) is 9.69 Å². The highest BCUT2D eigenvalue weighted by Crippen LogP contribution is 2.29. The van der Waals surface area contributed by atoms with Gasteiger partial charge in [0.1, 0.15) is 0 Å². The third kappa shape index (κ3) is 5.10. The van der Waals surface area contributed by atoms with Crippen molar-refractivity contribution in [1.82, 2.24) is 15.2 Å². The van der Waals surface area contributed by atoms with Gasteiger partial charge in [0.05, 0.1) is 12.2 Å². The van der Waals surface area contributed by atoms with Gasteiger partial charge < -0.3 is 9.73 Å². The maximum Gasteiger partial charge on any atom is 0.220 e. The van der Waals surface area contributed by atoms with E-state index in [2.05, 4.69) is 21.3 Å². The average molecular weight is 424 g/mol. The SMILES string of the molecule is O=C(CCc1ncc(-c2ccccc2)o1)NC[C@H](c1ccccc1Cl)N1CCCC1. The largest absolute Gasteiger partial charge is 0.441 e. The van der Waals surface area contributed by atoms with Crippen LogP contribution in [0.4, 0.5) is 0 Å². The number of rotatable bonds is 8. The van der Waals surface area contributed by atoms with Crippen molar-refractivity contribution in [2.75, 3.05) is 19.6 Å². The Morgan fingerprint density at radius 2 is 1.83 bits per heavy atom. The highest BCUT2D eigenvalue weighted by atomic mass is 35.5. The third-order valence-corrected chi connectivity index (χ3v) is 5.86. The smallest absolute Gasteiger partial charge is 0.220 e. The summed E-state index contributed by atoms with van der Waals surface area (Å²) in [7, 11) is 0. The number of carbonyl (C=O) groups is 1. The number of oxazole rings is 1. The quantitative estimate of drug-likeness (QED) is 0.561. The predicted molar refractivity (Wildman–Crippen MR) is 118 cm³/mol. The Bertz CT molecular complexity index is 967. The Morgan fingerprint density at radius 1 is 1.10 bits per heavy atom. The summed E-state index contributed by atoms with van der Waals surface area (Å²) in [6.07, 6.45) is 4.89. The molecule has 1 atom stereocenters. The van der Waals surface area contributed by atoms with Crippen LogP contribution >= 0.6 is 11.6 Å². The normalized spacial score (nSPS) is 15.2. The van der Waals surface area contributed by atoms with Crippen molar-refractivity contribution in [3.63, 3.8) is 0 Å². The minimum atomic E-state index is -0.00860. The first-order valence-corrected chi connectivity index (χ1v) is 10.8. The maximum atomic E-state index is 12.5. The number of nitrogens with zero attached hydrogens (tertiary/aromatic N) is 2. The van der Waals surface area contributed by atoms with Crippen molar-refractivity contribution in [2.24, 2.45) is 0 Å². The summed E-state index contributed by atoms with van der Waals surface area (Å²) in [6, 6.07) is 17.8. The van der Waals surface area contributed by atoms with Gasteiger partial charge in [-0.25, -0.2) is 4.98 Å². The highest BCUT2D eigenvalue weighted by Gasteiger charge is 2.25. The lowest BCUT2D eigenvalue weighted by atomic mass is 10.1. The van der Waals surface area contributed by atoms with E-state index >= 15 is 0 Å². The average Bonchev–Trinajstić information content (AvgIpc) is 3.47. The Hall–Kier alpha value is -2.63. The molecule has 0 aliphatic carbocycles. The molecule has 1 amide bonds. The van der Waals surface area contributed by atoms with E-state index in [4.69, 9.17) is 16.0 Å². The molecular weight excluding hydrogens is 398 g/mol. The number of carbonyl (C=O) groups excluding carboxylic acids is 1. The molecule has 0 radical (unpaired) electrons. The van der Waals surface area contributed by atoms with Crippen LogP contribution in [-0.4, -0.2) is 35.4 Å².